The Morgan fingerprint density at radius 1 is 1.50 bits per heavy atom. The van der Waals surface area contributed by atoms with E-state index in [1.165, 1.54) is 11.4 Å². The average Bonchev–Trinajstić information content (AvgIpc) is 2.28. The molecule has 0 aromatic carbocycles. The van der Waals surface area contributed by atoms with Gasteiger partial charge in [-0.05, 0) is 19.3 Å². The molecule has 1 N–H and O–H groups in total. The van der Waals surface area contributed by atoms with Gasteiger partial charge in [0.15, 0.2) is 0 Å². The molecule has 1 heterocycles. The van der Waals surface area contributed by atoms with E-state index in [1.807, 2.05) is 6.92 Å². The fourth-order valence-electron chi connectivity index (χ4n) is 2.26. The lowest BCUT2D eigenvalue weighted by molar-refractivity contribution is -0.143. The molecule has 106 valence electrons. The second-order valence-corrected chi connectivity index (χ2v) is 7.35. The van der Waals surface area contributed by atoms with E-state index in [9.17, 15) is 13.2 Å². The van der Waals surface area contributed by atoms with Crippen molar-refractivity contribution >= 4 is 16.0 Å². The van der Waals surface area contributed by atoms with Gasteiger partial charge in [0.2, 0.25) is 10.0 Å². The Morgan fingerprint density at radius 3 is 2.61 bits per heavy atom. The van der Waals surface area contributed by atoms with Crippen LogP contribution in [0.3, 0.4) is 0 Å². The summed E-state index contributed by atoms with van der Waals surface area (Å²) < 4.78 is 30.6. The summed E-state index contributed by atoms with van der Waals surface area (Å²) in [6.07, 6.45) is 0.528. The minimum atomic E-state index is -3.48. The van der Waals surface area contributed by atoms with Gasteiger partial charge in [0.1, 0.15) is 0 Å². The maximum absolute atomic E-state index is 12.2. The van der Waals surface area contributed by atoms with Gasteiger partial charge in [0.25, 0.3) is 0 Å². The molecule has 0 aromatic heterocycles. The van der Waals surface area contributed by atoms with Gasteiger partial charge >= 0.3 is 5.97 Å². The minimum absolute atomic E-state index is 0.0596. The molecule has 1 saturated heterocycles. The molecular weight excluding hydrogens is 258 g/mol. The van der Waals surface area contributed by atoms with Gasteiger partial charge in [-0.25, -0.2) is 12.7 Å². The molecule has 1 rings (SSSR count). The quantitative estimate of drug-likeness (QED) is 0.787. The first kappa shape index (κ1) is 15.4. The van der Waals surface area contributed by atoms with Crippen molar-refractivity contribution < 1.29 is 23.1 Å². The molecule has 0 aromatic rings. The average molecular weight is 279 g/mol. The topological polar surface area (TPSA) is 83.9 Å². The van der Waals surface area contributed by atoms with Crippen molar-refractivity contribution in [3.63, 3.8) is 0 Å². The van der Waals surface area contributed by atoms with Crippen LogP contribution in [0.25, 0.3) is 0 Å². The molecule has 0 spiro atoms. The summed E-state index contributed by atoms with van der Waals surface area (Å²) in [5, 5.41) is 8.38. The molecule has 1 aliphatic heterocycles. The first-order chi connectivity index (χ1) is 8.28. The Bertz CT molecular complexity index is 394. The molecule has 0 bridgehead atoms. The van der Waals surface area contributed by atoms with E-state index in [0.717, 1.165) is 0 Å². The number of carboxylic acid groups (broad SMARTS) is 1. The number of sulfonamides is 1. The van der Waals surface area contributed by atoms with Crippen LogP contribution in [0.4, 0.5) is 0 Å². The minimum Gasteiger partial charge on any atom is -0.481 e. The van der Waals surface area contributed by atoms with Gasteiger partial charge in [-0.15, -0.1) is 0 Å². The number of piperidine rings is 1. The summed E-state index contributed by atoms with van der Waals surface area (Å²) in [5.41, 5.74) is 0. The smallest absolute Gasteiger partial charge is 0.307 e. The highest BCUT2D eigenvalue weighted by molar-refractivity contribution is 7.89. The van der Waals surface area contributed by atoms with E-state index >= 15 is 0 Å². The summed E-state index contributed by atoms with van der Waals surface area (Å²) in [4.78, 5) is 11.0. The molecule has 3 unspecified atom stereocenters. The zero-order chi connectivity index (χ0) is 13.9. The van der Waals surface area contributed by atoms with E-state index in [4.69, 9.17) is 9.84 Å². The van der Waals surface area contributed by atoms with Gasteiger partial charge in [0, 0.05) is 20.2 Å². The van der Waals surface area contributed by atoms with Gasteiger partial charge < -0.3 is 9.84 Å². The van der Waals surface area contributed by atoms with Crippen molar-refractivity contribution in [3.8, 4) is 0 Å². The molecule has 0 amide bonds. The lowest BCUT2D eigenvalue weighted by Crippen LogP contribution is -2.48. The number of methoxy groups -OCH3 is 1. The summed E-state index contributed by atoms with van der Waals surface area (Å²) >= 11 is 0. The van der Waals surface area contributed by atoms with Gasteiger partial charge in [-0.1, -0.05) is 6.92 Å². The molecule has 3 atom stereocenters. The van der Waals surface area contributed by atoms with Crippen LogP contribution in [-0.2, 0) is 19.6 Å². The third-order valence-electron chi connectivity index (χ3n) is 3.25. The number of hydrogen-bond donors (Lipinski definition) is 1. The molecule has 0 radical (unpaired) electrons. The molecule has 1 fully saturated rings. The molecule has 0 saturated carbocycles. The highest BCUT2D eigenvalue weighted by Gasteiger charge is 2.37. The van der Waals surface area contributed by atoms with Gasteiger partial charge in [-0.3, -0.25) is 4.79 Å². The predicted octanol–water partition coefficient (Wildman–Crippen LogP) is 0.394. The van der Waals surface area contributed by atoms with Crippen molar-refractivity contribution in [2.75, 3.05) is 26.8 Å². The second kappa shape index (κ2) is 5.99. The Kier molecular flexibility index (Phi) is 5.12. The van der Waals surface area contributed by atoms with Crippen LogP contribution in [0.2, 0.25) is 0 Å². The van der Waals surface area contributed by atoms with Crippen molar-refractivity contribution in [1.82, 2.24) is 4.31 Å². The first-order valence-corrected chi connectivity index (χ1v) is 7.50. The standard InChI is InChI=1S/C11H21NO5S/c1-8-4-10(11(13)14)6-12(5-8)18(15,16)9(2)7-17-3/h8-10H,4-7H2,1-3H3,(H,13,14). The van der Waals surface area contributed by atoms with Crippen LogP contribution in [-0.4, -0.2) is 55.9 Å². The van der Waals surface area contributed by atoms with Crippen LogP contribution in [0.15, 0.2) is 0 Å². The van der Waals surface area contributed by atoms with Crippen molar-refractivity contribution in [2.45, 2.75) is 25.5 Å². The first-order valence-electron chi connectivity index (χ1n) is 5.99. The van der Waals surface area contributed by atoms with E-state index < -0.39 is 27.2 Å². The Labute approximate surface area is 108 Å². The molecular formula is C11H21NO5S. The van der Waals surface area contributed by atoms with Crippen molar-refractivity contribution in [1.29, 1.82) is 0 Å². The summed E-state index contributed by atoms with van der Waals surface area (Å²) in [5.74, 6) is -1.48. The Balaban J connectivity index is 2.84. The number of hydrogen-bond acceptors (Lipinski definition) is 4. The van der Waals surface area contributed by atoms with Gasteiger partial charge in [0.05, 0.1) is 17.8 Å². The third kappa shape index (κ3) is 3.43. The highest BCUT2D eigenvalue weighted by atomic mass is 32.2. The van der Waals surface area contributed by atoms with Gasteiger partial charge in [-0.2, -0.15) is 0 Å². The van der Waals surface area contributed by atoms with Crippen LogP contribution in [0.1, 0.15) is 20.3 Å². The van der Waals surface area contributed by atoms with E-state index in [0.29, 0.717) is 13.0 Å². The Hall–Kier alpha value is -0.660. The van der Waals surface area contributed by atoms with E-state index in [2.05, 4.69) is 0 Å². The largest absolute Gasteiger partial charge is 0.481 e. The van der Waals surface area contributed by atoms with Crippen LogP contribution in [0, 0.1) is 11.8 Å². The Morgan fingerprint density at radius 2 is 2.11 bits per heavy atom. The number of rotatable bonds is 5. The number of nitrogens with zero attached hydrogens (tertiary/aromatic N) is 1. The predicted molar refractivity (Wildman–Crippen MR) is 66.7 cm³/mol. The zero-order valence-corrected chi connectivity index (χ0v) is 11.8. The van der Waals surface area contributed by atoms with Crippen molar-refractivity contribution in [3.05, 3.63) is 0 Å². The van der Waals surface area contributed by atoms with E-state index in [1.54, 1.807) is 6.92 Å². The summed E-state index contributed by atoms with van der Waals surface area (Å²) in [6.45, 7) is 4.02. The molecule has 1 aliphatic rings. The van der Waals surface area contributed by atoms with Crippen LogP contribution in [0.5, 0.6) is 0 Å². The lowest BCUT2D eigenvalue weighted by atomic mass is 9.92. The SMILES string of the molecule is COCC(C)S(=O)(=O)N1CC(C)CC(C(=O)O)C1. The monoisotopic (exact) mass is 279 g/mol. The summed E-state index contributed by atoms with van der Waals surface area (Å²) in [7, 11) is -2.03. The third-order valence-corrected chi connectivity index (χ3v) is 5.42. The molecule has 18 heavy (non-hydrogen) atoms. The second-order valence-electron chi connectivity index (χ2n) is 5.00. The fraction of sp³-hybridized carbons (Fsp3) is 0.909. The number of carboxylic acids is 1. The number of carbonyl (C=O) groups is 1. The van der Waals surface area contributed by atoms with E-state index in [-0.39, 0.29) is 19.1 Å². The van der Waals surface area contributed by atoms with Crippen LogP contribution < -0.4 is 0 Å². The molecule has 0 aliphatic carbocycles. The maximum Gasteiger partial charge on any atom is 0.307 e. The fourth-order valence-corrected chi connectivity index (χ4v) is 3.93. The number of aliphatic carboxylic acids is 1. The normalized spacial score (nSPS) is 27.9. The molecule has 6 nitrogen and oxygen atoms in total. The van der Waals surface area contributed by atoms with Crippen molar-refractivity contribution in [2.24, 2.45) is 11.8 Å². The summed E-state index contributed by atoms with van der Waals surface area (Å²) in [6, 6.07) is 0. The zero-order valence-electron chi connectivity index (χ0n) is 11.0. The molecule has 7 heteroatoms. The number of ether oxygens (including phenoxy) is 1. The highest BCUT2D eigenvalue weighted by Crippen LogP contribution is 2.25. The van der Waals surface area contributed by atoms with Crippen LogP contribution >= 0.6 is 0 Å². The lowest BCUT2D eigenvalue weighted by Gasteiger charge is -2.35. The maximum atomic E-state index is 12.2.